The van der Waals surface area contributed by atoms with E-state index in [0.29, 0.717) is 0 Å². The maximum Gasteiger partial charge on any atom is 0.203 e. The summed E-state index contributed by atoms with van der Waals surface area (Å²) in [4.78, 5) is 0. The summed E-state index contributed by atoms with van der Waals surface area (Å²) in [7, 11) is 0. The van der Waals surface area contributed by atoms with Crippen LogP contribution in [0.5, 0.6) is 0 Å². The second kappa shape index (κ2) is 4.53. The zero-order chi connectivity index (χ0) is 4.12. The second-order valence-electron chi connectivity index (χ2n) is 0.766. The Bertz CT molecular complexity index is 28.1. The van der Waals surface area contributed by atoms with Crippen molar-refractivity contribution in [2.45, 2.75) is 6.32 Å². The molecule has 0 heterocycles. The summed E-state index contributed by atoms with van der Waals surface area (Å²) in [5.74, 6) is 0. The van der Waals surface area contributed by atoms with E-state index in [0.717, 1.165) is 6.32 Å². The lowest BCUT2D eigenvalue weighted by Crippen LogP contribution is -1.63. The first kappa shape index (κ1) is 5.53. The van der Waals surface area contributed by atoms with Crippen LogP contribution in [0.3, 0.4) is 0 Å². The molecule has 0 fully saturated rings. The normalized spacial score (nSPS) is 6.60. The zero-order valence-electron chi connectivity index (χ0n) is 3.08. The van der Waals surface area contributed by atoms with Gasteiger partial charge in [0.25, 0.3) is 0 Å². The third-order valence-electron chi connectivity index (χ3n) is 0.313. The van der Waals surface area contributed by atoms with Gasteiger partial charge in [-0.1, -0.05) is 6.08 Å². The predicted octanol–water partition coefficient (Wildman–Crippen LogP) is 1.38. The van der Waals surface area contributed by atoms with Crippen LogP contribution in [0, 0.1) is 0 Å². The highest BCUT2D eigenvalue weighted by molar-refractivity contribution is 14.1. The van der Waals surface area contributed by atoms with Gasteiger partial charge in [-0.25, -0.2) is 0 Å². The van der Waals surface area contributed by atoms with Crippen LogP contribution in [0.15, 0.2) is 12.7 Å². The van der Waals surface area contributed by atoms with Crippen molar-refractivity contribution in [3.05, 3.63) is 12.7 Å². The number of hydrogen-bond donors (Lipinski definition) is 0. The molecule has 0 aromatic carbocycles. The Kier molecular flexibility index (Phi) is 5.02. The Morgan fingerprint density at radius 1 is 2.00 bits per heavy atom. The van der Waals surface area contributed by atoms with Crippen LogP contribution < -0.4 is 0 Å². The average molecular weight is 180 g/mol. The molecule has 0 aromatic rings. The van der Waals surface area contributed by atoms with Gasteiger partial charge in [0.2, 0.25) is 5.14 Å². The molecule has 0 aliphatic heterocycles. The summed E-state index contributed by atoms with van der Waals surface area (Å²) >= 11 is 2.32. The number of hydrogen-bond acceptors (Lipinski definition) is 0. The molecule has 0 saturated heterocycles. The van der Waals surface area contributed by atoms with Crippen molar-refractivity contribution in [2.24, 2.45) is 0 Å². The first-order valence-corrected chi connectivity index (χ1v) is 3.11. The minimum atomic E-state index is 1.14. The van der Waals surface area contributed by atoms with Crippen molar-refractivity contribution in [2.75, 3.05) is 0 Å². The van der Waals surface area contributed by atoms with Crippen molar-refractivity contribution in [1.29, 1.82) is 0 Å². The standard InChI is InChI=1S/C3H6BI/c1-2-3-4-5/h2,4H,1,3H2. The highest BCUT2D eigenvalue weighted by atomic mass is 127. The molecule has 0 unspecified atom stereocenters. The molecule has 0 bridgehead atoms. The zero-order valence-corrected chi connectivity index (χ0v) is 5.23. The predicted molar refractivity (Wildman–Crippen MR) is 36.2 cm³/mol. The lowest BCUT2D eigenvalue weighted by Gasteiger charge is -1.67. The van der Waals surface area contributed by atoms with Gasteiger partial charge in [0.15, 0.2) is 0 Å². The fraction of sp³-hybridized carbons (Fsp3) is 0.333. The quantitative estimate of drug-likeness (QED) is 0.342. The maximum absolute atomic E-state index is 3.55. The van der Waals surface area contributed by atoms with E-state index in [4.69, 9.17) is 0 Å². The van der Waals surface area contributed by atoms with Crippen molar-refractivity contribution >= 4 is 27.5 Å². The summed E-state index contributed by atoms with van der Waals surface area (Å²) in [6, 6.07) is 0. The summed E-state index contributed by atoms with van der Waals surface area (Å²) in [5, 5.41) is 1.20. The fourth-order valence-corrected chi connectivity index (χ4v) is 0.518. The molecule has 2 heteroatoms. The maximum atomic E-state index is 3.55. The first-order chi connectivity index (χ1) is 2.41. The molecular formula is C3H6BI. The molecule has 0 radical (unpaired) electrons. The molecule has 0 atom stereocenters. The Morgan fingerprint density at radius 3 is 2.60 bits per heavy atom. The minimum Gasteiger partial charge on any atom is -0.155 e. The lowest BCUT2D eigenvalue weighted by atomic mass is 10.1. The van der Waals surface area contributed by atoms with Gasteiger partial charge >= 0.3 is 0 Å². The second-order valence-corrected chi connectivity index (χ2v) is 1.85. The molecule has 0 nitrogen and oxygen atoms in total. The Morgan fingerprint density at radius 2 is 2.60 bits per heavy atom. The van der Waals surface area contributed by atoms with E-state index in [2.05, 4.69) is 29.0 Å². The van der Waals surface area contributed by atoms with E-state index in [1.807, 2.05) is 6.08 Å². The summed E-state index contributed by atoms with van der Waals surface area (Å²) in [6.07, 6.45) is 3.06. The summed E-state index contributed by atoms with van der Waals surface area (Å²) in [6.45, 7) is 3.55. The molecule has 0 aromatic heterocycles. The highest BCUT2D eigenvalue weighted by Gasteiger charge is 1.69. The monoisotopic (exact) mass is 180 g/mol. The number of rotatable bonds is 2. The summed E-state index contributed by atoms with van der Waals surface area (Å²) < 4.78 is 0. The third-order valence-corrected chi connectivity index (χ3v) is 0.936. The molecule has 0 aliphatic carbocycles. The van der Waals surface area contributed by atoms with Crippen molar-refractivity contribution in [3.8, 4) is 0 Å². The SMILES string of the molecule is C=CCBI. The van der Waals surface area contributed by atoms with E-state index in [9.17, 15) is 0 Å². The van der Waals surface area contributed by atoms with Crippen molar-refractivity contribution in [3.63, 3.8) is 0 Å². The van der Waals surface area contributed by atoms with Gasteiger partial charge < -0.3 is 0 Å². The highest BCUT2D eigenvalue weighted by Crippen LogP contribution is 1.83. The van der Waals surface area contributed by atoms with Crippen molar-refractivity contribution < 1.29 is 0 Å². The Hall–Kier alpha value is 0.535. The van der Waals surface area contributed by atoms with Crippen LogP contribution in [0.4, 0.5) is 0 Å². The van der Waals surface area contributed by atoms with E-state index in [-0.39, 0.29) is 0 Å². The Balaban J connectivity index is 2.40. The van der Waals surface area contributed by atoms with E-state index in [1.54, 1.807) is 0 Å². The lowest BCUT2D eigenvalue weighted by molar-refractivity contribution is 1.76. The van der Waals surface area contributed by atoms with Crippen LogP contribution in [-0.4, -0.2) is 5.14 Å². The van der Waals surface area contributed by atoms with Gasteiger partial charge in [0.1, 0.15) is 0 Å². The summed E-state index contributed by atoms with van der Waals surface area (Å²) in [5.41, 5.74) is 0. The molecule has 5 heavy (non-hydrogen) atoms. The molecule has 0 spiro atoms. The van der Waals surface area contributed by atoms with Crippen LogP contribution in [-0.2, 0) is 0 Å². The van der Waals surface area contributed by atoms with E-state index >= 15 is 0 Å². The minimum absolute atomic E-state index is 1.14. The fourth-order valence-electron chi connectivity index (χ4n) is 0.0772. The van der Waals surface area contributed by atoms with Gasteiger partial charge in [-0.15, -0.1) is 6.58 Å². The molecular weight excluding hydrogens is 174 g/mol. The van der Waals surface area contributed by atoms with Crippen LogP contribution in [0.2, 0.25) is 6.32 Å². The van der Waals surface area contributed by atoms with Gasteiger partial charge in [0, 0.05) is 0 Å². The molecule has 28 valence electrons. The number of halogens is 1. The van der Waals surface area contributed by atoms with Gasteiger partial charge in [-0.3, -0.25) is 0 Å². The van der Waals surface area contributed by atoms with Gasteiger partial charge in [0.05, 0.1) is 0 Å². The van der Waals surface area contributed by atoms with Crippen LogP contribution in [0.1, 0.15) is 0 Å². The van der Waals surface area contributed by atoms with Crippen LogP contribution in [0.25, 0.3) is 0 Å². The van der Waals surface area contributed by atoms with E-state index < -0.39 is 0 Å². The Labute approximate surface area is 46.8 Å². The third kappa shape index (κ3) is 4.53. The first-order valence-electron chi connectivity index (χ1n) is 1.58. The molecule has 0 saturated carbocycles. The largest absolute Gasteiger partial charge is 0.203 e. The molecule has 0 aliphatic rings. The van der Waals surface area contributed by atoms with Gasteiger partial charge in [-0.2, -0.15) is 22.4 Å². The van der Waals surface area contributed by atoms with Crippen LogP contribution >= 0.6 is 22.4 Å². The number of allylic oxidation sites excluding steroid dienone is 1. The average Bonchev–Trinajstić information content (AvgIpc) is 1.41. The van der Waals surface area contributed by atoms with E-state index in [1.165, 1.54) is 5.14 Å². The van der Waals surface area contributed by atoms with Crippen molar-refractivity contribution in [1.82, 2.24) is 0 Å². The topological polar surface area (TPSA) is 0 Å². The molecule has 0 N–H and O–H groups in total. The molecule has 0 amide bonds. The molecule has 0 rings (SSSR count). The van der Waals surface area contributed by atoms with Gasteiger partial charge in [-0.05, 0) is 6.32 Å². The smallest absolute Gasteiger partial charge is 0.155 e.